The standard InChI is InChI=1S/C33H31N5O3S/c1-5-40-27-14-11-23(12-15-27)31-34-33-38(36-31)32(39)29(42-33)18-25-19-37(26-9-7-6-8-10-26)35-30(25)24-13-16-28(22(4)17-24)41-20-21(2)3/h6-19,21H,5,20H2,1-4H3/b29-18-. The highest BCUT2D eigenvalue weighted by Crippen LogP contribution is 2.29. The van der Waals surface area contributed by atoms with E-state index in [9.17, 15) is 4.79 Å². The number of benzene rings is 3. The maximum Gasteiger partial charge on any atom is 0.291 e. The summed E-state index contributed by atoms with van der Waals surface area (Å²) in [6.07, 6.45) is 3.82. The maximum atomic E-state index is 13.4. The number of aryl methyl sites for hydroxylation is 1. The average Bonchev–Trinajstić information content (AvgIpc) is 3.68. The number of ether oxygens (including phenoxy) is 2. The van der Waals surface area contributed by atoms with E-state index in [-0.39, 0.29) is 5.56 Å². The topological polar surface area (TPSA) is 83.5 Å². The Morgan fingerprint density at radius 3 is 2.40 bits per heavy atom. The lowest BCUT2D eigenvalue weighted by Gasteiger charge is -2.12. The molecule has 0 N–H and O–H groups in total. The molecule has 6 rings (SSSR count). The molecule has 0 atom stereocenters. The number of fused-ring (bicyclic) bond motifs is 1. The Morgan fingerprint density at radius 1 is 0.952 bits per heavy atom. The highest BCUT2D eigenvalue weighted by molar-refractivity contribution is 7.15. The number of hydrogen-bond donors (Lipinski definition) is 0. The molecule has 42 heavy (non-hydrogen) atoms. The molecule has 6 aromatic rings. The van der Waals surface area contributed by atoms with E-state index < -0.39 is 0 Å². The number of nitrogens with zero attached hydrogens (tertiary/aromatic N) is 5. The average molecular weight is 578 g/mol. The fourth-order valence-corrected chi connectivity index (χ4v) is 5.51. The van der Waals surface area contributed by atoms with Crippen LogP contribution in [0.5, 0.6) is 11.5 Å². The third-order valence-electron chi connectivity index (χ3n) is 6.68. The van der Waals surface area contributed by atoms with Gasteiger partial charge in [0.15, 0.2) is 5.82 Å². The van der Waals surface area contributed by atoms with Gasteiger partial charge in [0.1, 0.15) is 17.2 Å². The van der Waals surface area contributed by atoms with Crippen molar-refractivity contribution in [2.75, 3.05) is 13.2 Å². The summed E-state index contributed by atoms with van der Waals surface area (Å²) < 4.78 is 15.3. The molecule has 0 amide bonds. The van der Waals surface area contributed by atoms with Crippen molar-refractivity contribution in [3.63, 3.8) is 0 Å². The molecule has 0 aliphatic rings. The van der Waals surface area contributed by atoms with Crippen molar-refractivity contribution in [2.24, 2.45) is 5.92 Å². The van der Waals surface area contributed by atoms with Crippen molar-refractivity contribution in [3.8, 4) is 39.8 Å². The van der Waals surface area contributed by atoms with Crippen LogP contribution < -0.4 is 19.6 Å². The Morgan fingerprint density at radius 2 is 1.71 bits per heavy atom. The van der Waals surface area contributed by atoms with Crippen LogP contribution in [0.4, 0.5) is 0 Å². The van der Waals surface area contributed by atoms with E-state index in [0.717, 1.165) is 45.1 Å². The summed E-state index contributed by atoms with van der Waals surface area (Å²) >= 11 is 1.31. The Balaban J connectivity index is 1.40. The van der Waals surface area contributed by atoms with Crippen LogP contribution in [0.1, 0.15) is 31.9 Å². The molecule has 8 nitrogen and oxygen atoms in total. The second-order valence-corrected chi connectivity index (χ2v) is 11.4. The highest BCUT2D eigenvalue weighted by atomic mass is 32.1. The van der Waals surface area contributed by atoms with Crippen molar-refractivity contribution in [1.82, 2.24) is 24.4 Å². The van der Waals surface area contributed by atoms with Gasteiger partial charge >= 0.3 is 0 Å². The summed E-state index contributed by atoms with van der Waals surface area (Å²) in [5, 5.41) is 9.45. The van der Waals surface area contributed by atoms with E-state index in [1.807, 2.05) is 97.5 Å². The molecular weight excluding hydrogens is 546 g/mol. The van der Waals surface area contributed by atoms with Gasteiger partial charge in [0.2, 0.25) is 4.96 Å². The lowest BCUT2D eigenvalue weighted by molar-refractivity contribution is 0.269. The molecule has 212 valence electrons. The summed E-state index contributed by atoms with van der Waals surface area (Å²) in [6, 6.07) is 23.5. The first-order valence-corrected chi connectivity index (χ1v) is 14.7. The third kappa shape index (κ3) is 5.56. The van der Waals surface area contributed by atoms with Crippen LogP contribution in [0.3, 0.4) is 0 Å². The zero-order valence-electron chi connectivity index (χ0n) is 23.9. The Bertz CT molecular complexity index is 1960. The quantitative estimate of drug-likeness (QED) is 0.211. The van der Waals surface area contributed by atoms with Gasteiger partial charge in [-0.05, 0) is 86.0 Å². The van der Waals surface area contributed by atoms with Crippen LogP contribution in [0.25, 0.3) is 39.4 Å². The van der Waals surface area contributed by atoms with E-state index in [1.54, 1.807) is 0 Å². The molecule has 0 aliphatic carbocycles. The normalized spacial score (nSPS) is 12.0. The zero-order chi connectivity index (χ0) is 29.2. The number of rotatable bonds is 9. The fourth-order valence-electron chi connectivity index (χ4n) is 4.61. The van der Waals surface area contributed by atoms with E-state index >= 15 is 0 Å². The van der Waals surface area contributed by atoms with Gasteiger partial charge in [0, 0.05) is 22.9 Å². The lowest BCUT2D eigenvalue weighted by atomic mass is 10.0. The van der Waals surface area contributed by atoms with E-state index in [2.05, 4.69) is 30.0 Å². The van der Waals surface area contributed by atoms with Crippen LogP contribution in [-0.4, -0.2) is 37.6 Å². The minimum Gasteiger partial charge on any atom is -0.494 e. The molecule has 0 saturated heterocycles. The Kier molecular flexibility index (Phi) is 7.58. The smallest absolute Gasteiger partial charge is 0.291 e. The monoisotopic (exact) mass is 577 g/mol. The third-order valence-corrected chi connectivity index (χ3v) is 7.63. The van der Waals surface area contributed by atoms with Crippen LogP contribution >= 0.6 is 11.3 Å². The molecule has 0 bridgehead atoms. The van der Waals surface area contributed by atoms with Crippen molar-refractivity contribution in [3.05, 3.63) is 105 Å². The van der Waals surface area contributed by atoms with Gasteiger partial charge in [0.05, 0.1) is 23.4 Å². The second-order valence-electron chi connectivity index (χ2n) is 10.4. The minimum atomic E-state index is -0.216. The molecule has 3 heterocycles. The van der Waals surface area contributed by atoms with Gasteiger partial charge in [-0.3, -0.25) is 4.79 Å². The summed E-state index contributed by atoms with van der Waals surface area (Å²) in [5.74, 6) is 2.58. The maximum absolute atomic E-state index is 13.4. The fraction of sp³-hybridized carbons (Fsp3) is 0.212. The predicted octanol–water partition coefficient (Wildman–Crippen LogP) is 5.96. The Hall–Kier alpha value is -4.76. The molecule has 0 fully saturated rings. The molecule has 9 heteroatoms. The molecular formula is C33H31N5O3S. The molecule has 0 spiro atoms. The summed E-state index contributed by atoms with van der Waals surface area (Å²) in [7, 11) is 0. The predicted molar refractivity (Wildman–Crippen MR) is 167 cm³/mol. The van der Waals surface area contributed by atoms with E-state index in [4.69, 9.17) is 14.6 Å². The van der Waals surface area contributed by atoms with Crippen molar-refractivity contribution in [1.29, 1.82) is 0 Å². The first-order chi connectivity index (χ1) is 20.4. The molecule has 0 unspecified atom stereocenters. The number of aromatic nitrogens is 5. The summed E-state index contributed by atoms with van der Waals surface area (Å²) in [4.78, 5) is 18.6. The highest BCUT2D eigenvalue weighted by Gasteiger charge is 2.16. The van der Waals surface area contributed by atoms with Gasteiger partial charge in [-0.25, -0.2) is 4.68 Å². The Labute approximate surface area is 247 Å². The largest absolute Gasteiger partial charge is 0.494 e. The molecule has 3 aromatic carbocycles. The van der Waals surface area contributed by atoms with Gasteiger partial charge in [-0.2, -0.15) is 14.6 Å². The van der Waals surface area contributed by atoms with Crippen molar-refractivity contribution < 1.29 is 9.47 Å². The van der Waals surface area contributed by atoms with Crippen LogP contribution in [0, 0.1) is 12.8 Å². The second kappa shape index (κ2) is 11.6. The van der Waals surface area contributed by atoms with Gasteiger partial charge in [0.25, 0.3) is 5.56 Å². The molecule has 3 aromatic heterocycles. The van der Waals surface area contributed by atoms with Gasteiger partial charge in [-0.15, -0.1) is 5.10 Å². The molecule has 0 aliphatic heterocycles. The van der Waals surface area contributed by atoms with E-state index in [0.29, 0.717) is 34.4 Å². The first kappa shape index (κ1) is 27.4. The van der Waals surface area contributed by atoms with Crippen molar-refractivity contribution in [2.45, 2.75) is 27.7 Å². The van der Waals surface area contributed by atoms with Crippen molar-refractivity contribution >= 4 is 22.4 Å². The van der Waals surface area contributed by atoms with Gasteiger partial charge in [-0.1, -0.05) is 43.4 Å². The van der Waals surface area contributed by atoms with Gasteiger partial charge < -0.3 is 9.47 Å². The number of para-hydroxylation sites is 1. The number of thiazole rings is 1. The zero-order valence-corrected chi connectivity index (χ0v) is 24.8. The first-order valence-electron chi connectivity index (χ1n) is 13.9. The summed E-state index contributed by atoms with van der Waals surface area (Å²) in [5.41, 5.74) is 5.09. The van der Waals surface area contributed by atoms with E-state index in [1.165, 1.54) is 15.9 Å². The van der Waals surface area contributed by atoms with Crippen LogP contribution in [0.15, 0.2) is 83.8 Å². The van der Waals surface area contributed by atoms with Crippen LogP contribution in [-0.2, 0) is 0 Å². The lowest BCUT2D eigenvalue weighted by Crippen LogP contribution is -2.23. The SMILES string of the molecule is CCOc1ccc(-c2nc3s/c(=C\c4cn(-c5ccccc5)nc4-c4ccc(OCC(C)C)c(C)c4)c(=O)n3n2)cc1. The molecule has 0 saturated carbocycles. The number of hydrogen-bond acceptors (Lipinski definition) is 7. The minimum absolute atomic E-state index is 0.216. The van der Waals surface area contributed by atoms with Crippen LogP contribution in [0.2, 0.25) is 0 Å². The summed E-state index contributed by atoms with van der Waals surface area (Å²) in [6.45, 7) is 9.49. The molecule has 0 radical (unpaired) electrons.